The summed E-state index contributed by atoms with van der Waals surface area (Å²) in [6.45, 7) is 1.95. The number of hydrogen-bond acceptors (Lipinski definition) is 3. The van der Waals surface area contributed by atoms with Gasteiger partial charge in [0, 0.05) is 11.6 Å². The van der Waals surface area contributed by atoms with E-state index >= 15 is 0 Å². The Morgan fingerprint density at radius 1 is 1.50 bits per heavy atom. The number of rotatable bonds is 6. The largest absolute Gasteiger partial charge is 0.496 e. The van der Waals surface area contributed by atoms with E-state index in [-0.39, 0.29) is 18.4 Å². The number of nitrogens with zero attached hydrogens (tertiary/aromatic N) is 1. The molecule has 0 saturated carbocycles. The number of nitriles is 1. The molecule has 1 aromatic carbocycles. The van der Waals surface area contributed by atoms with Crippen molar-refractivity contribution in [2.75, 3.05) is 7.11 Å². The van der Waals surface area contributed by atoms with Crippen LogP contribution in [0.5, 0.6) is 5.75 Å². The van der Waals surface area contributed by atoms with Crippen molar-refractivity contribution in [3.05, 3.63) is 29.8 Å². The molecule has 18 heavy (non-hydrogen) atoms. The van der Waals surface area contributed by atoms with E-state index in [4.69, 9.17) is 10.00 Å². The summed E-state index contributed by atoms with van der Waals surface area (Å²) in [4.78, 5) is 11.8. The Labute approximate surface area is 108 Å². The van der Waals surface area contributed by atoms with Crippen LogP contribution in [0.15, 0.2) is 24.3 Å². The van der Waals surface area contributed by atoms with E-state index in [1.54, 1.807) is 7.11 Å². The first kappa shape index (κ1) is 14.0. The molecule has 0 spiro atoms. The Kier molecular flexibility index (Phi) is 5.72. The van der Waals surface area contributed by atoms with Gasteiger partial charge in [0.1, 0.15) is 5.75 Å². The summed E-state index contributed by atoms with van der Waals surface area (Å²) < 4.78 is 5.19. The fourth-order valence-electron chi connectivity index (χ4n) is 1.71. The van der Waals surface area contributed by atoms with Crippen molar-refractivity contribution in [3.63, 3.8) is 0 Å². The van der Waals surface area contributed by atoms with Crippen LogP contribution in [0.2, 0.25) is 0 Å². The minimum atomic E-state index is -0.0819. The smallest absolute Gasteiger partial charge is 0.224 e. The Balaban J connectivity index is 2.62. The number of carbonyl (C=O) groups is 1. The lowest BCUT2D eigenvalue weighted by Gasteiger charge is -2.14. The van der Waals surface area contributed by atoms with E-state index in [0.717, 1.165) is 12.0 Å². The molecular formula is C14H18N2O2. The van der Waals surface area contributed by atoms with Crippen molar-refractivity contribution >= 4 is 5.91 Å². The van der Waals surface area contributed by atoms with E-state index in [0.29, 0.717) is 12.2 Å². The van der Waals surface area contributed by atoms with Gasteiger partial charge in [0.15, 0.2) is 0 Å². The number of nitrogens with one attached hydrogen (secondary N) is 1. The van der Waals surface area contributed by atoms with Crippen molar-refractivity contribution in [1.29, 1.82) is 5.26 Å². The molecule has 4 nitrogen and oxygen atoms in total. The predicted octanol–water partition coefficient (Wildman–Crippen LogP) is 2.05. The molecule has 0 aliphatic heterocycles. The van der Waals surface area contributed by atoms with E-state index in [1.807, 2.05) is 31.2 Å². The third-order valence-electron chi connectivity index (χ3n) is 2.74. The van der Waals surface area contributed by atoms with Crippen LogP contribution >= 0.6 is 0 Å². The number of amides is 1. The second-order valence-electron chi connectivity index (χ2n) is 4.02. The number of carbonyl (C=O) groups excluding carboxylic acids is 1. The first-order chi connectivity index (χ1) is 8.71. The first-order valence-electron chi connectivity index (χ1n) is 5.99. The van der Waals surface area contributed by atoms with E-state index in [1.165, 1.54) is 0 Å². The van der Waals surface area contributed by atoms with Crippen LogP contribution in [-0.2, 0) is 11.2 Å². The van der Waals surface area contributed by atoms with Crippen molar-refractivity contribution < 1.29 is 9.53 Å². The van der Waals surface area contributed by atoms with Gasteiger partial charge in [0.25, 0.3) is 0 Å². The van der Waals surface area contributed by atoms with Gasteiger partial charge in [-0.1, -0.05) is 25.1 Å². The van der Waals surface area contributed by atoms with Crippen LogP contribution in [0.1, 0.15) is 25.3 Å². The number of methoxy groups -OCH3 is 1. The Hall–Kier alpha value is -2.02. The maximum atomic E-state index is 11.8. The van der Waals surface area contributed by atoms with Gasteiger partial charge in [-0.3, -0.25) is 4.79 Å². The minimum Gasteiger partial charge on any atom is -0.496 e. The third kappa shape index (κ3) is 4.10. The topological polar surface area (TPSA) is 62.1 Å². The normalized spacial score (nSPS) is 11.4. The Morgan fingerprint density at radius 2 is 2.22 bits per heavy atom. The molecule has 0 bridgehead atoms. The van der Waals surface area contributed by atoms with Crippen LogP contribution in [0.25, 0.3) is 0 Å². The molecule has 1 aromatic rings. The van der Waals surface area contributed by atoms with Crippen molar-refractivity contribution in [3.8, 4) is 11.8 Å². The Morgan fingerprint density at radius 3 is 2.83 bits per heavy atom. The van der Waals surface area contributed by atoms with Crippen LogP contribution in [0, 0.1) is 11.3 Å². The monoisotopic (exact) mass is 246 g/mol. The van der Waals surface area contributed by atoms with Gasteiger partial charge in [-0.25, -0.2) is 0 Å². The zero-order valence-electron chi connectivity index (χ0n) is 10.8. The summed E-state index contributed by atoms with van der Waals surface area (Å²) >= 11 is 0. The van der Waals surface area contributed by atoms with Crippen LogP contribution < -0.4 is 10.1 Å². The molecular weight excluding hydrogens is 228 g/mol. The molecule has 1 N–H and O–H groups in total. The van der Waals surface area contributed by atoms with E-state index in [9.17, 15) is 4.79 Å². The summed E-state index contributed by atoms with van der Waals surface area (Å²) in [5.74, 6) is 0.627. The molecule has 1 unspecified atom stereocenters. The fraction of sp³-hybridized carbons (Fsp3) is 0.429. The second kappa shape index (κ2) is 7.33. The highest BCUT2D eigenvalue weighted by molar-refractivity contribution is 5.79. The maximum Gasteiger partial charge on any atom is 0.224 e. The molecule has 1 amide bonds. The van der Waals surface area contributed by atoms with Gasteiger partial charge in [-0.15, -0.1) is 0 Å². The van der Waals surface area contributed by atoms with Gasteiger partial charge in [0.05, 0.1) is 26.0 Å². The Bertz CT molecular complexity index is 438. The lowest BCUT2D eigenvalue weighted by molar-refractivity contribution is -0.121. The number of hydrogen-bond donors (Lipinski definition) is 1. The van der Waals surface area contributed by atoms with Gasteiger partial charge >= 0.3 is 0 Å². The standard InChI is InChI=1S/C14H18N2O2/c1-3-12(8-9-15)16-14(17)10-11-6-4-5-7-13(11)18-2/h4-7,12H,3,8,10H2,1-2H3,(H,16,17). The summed E-state index contributed by atoms with van der Waals surface area (Å²) in [6, 6.07) is 9.43. The second-order valence-corrected chi connectivity index (χ2v) is 4.02. The SMILES string of the molecule is CCC(CC#N)NC(=O)Cc1ccccc1OC. The summed E-state index contributed by atoms with van der Waals surface area (Å²) in [5.41, 5.74) is 0.851. The average molecular weight is 246 g/mol. The summed E-state index contributed by atoms with van der Waals surface area (Å²) in [5, 5.41) is 11.5. The van der Waals surface area contributed by atoms with Crippen molar-refractivity contribution in [2.24, 2.45) is 0 Å². The number of para-hydroxylation sites is 1. The quantitative estimate of drug-likeness (QED) is 0.835. The van der Waals surface area contributed by atoms with E-state index in [2.05, 4.69) is 11.4 Å². The van der Waals surface area contributed by atoms with Crippen molar-refractivity contribution in [1.82, 2.24) is 5.32 Å². The average Bonchev–Trinajstić information content (AvgIpc) is 2.38. The molecule has 0 radical (unpaired) electrons. The fourth-order valence-corrected chi connectivity index (χ4v) is 1.71. The minimum absolute atomic E-state index is 0.0720. The molecule has 1 atom stereocenters. The molecule has 96 valence electrons. The molecule has 0 heterocycles. The highest BCUT2D eigenvalue weighted by Gasteiger charge is 2.12. The van der Waals surface area contributed by atoms with Gasteiger partial charge in [-0.05, 0) is 12.5 Å². The third-order valence-corrected chi connectivity index (χ3v) is 2.74. The number of ether oxygens (including phenoxy) is 1. The van der Waals surface area contributed by atoms with Gasteiger partial charge < -0.3 is 10.1 Å². The first-order valence-corrected chi connectivity index (χ1v) is 5.99. The molecule has 0 fully saturated rings. The molecule has 0 saturated heterocycles. The van der Waals surface area contributed by atoms with Crippen LogP contribution in [-0.4, -0.2) is 19.1 Å². The molecule has 4 heteroatoms. The molecule has 0 aliphatic carbocycles. The zero-order valence-corrected chi connectivity index (χ0v) is 10.8. The summed E-state index contributed by atoms with van der Waals surface area (Å²) in [7, 11) is 1.58. The van der Waals surface area contributed by atoms with Gasteiger partial charge in [0.2, 0.25) is 5.91 Å². The molecule has 0 aromatic heterocycles. The zero-order chi connectivity index (χ0) is 13.4. The van der Waals surface area contributed by atoms with Gasteiger partial charge in [-0.2, -0.15) is 5.26 Å². The van der Waals surface area contributed by atoms with Crippen LogP contribution in [0.3, 0.4) is 0 Å². The maximum absolute atomic E-state index is 11.8. The van der Waals surface area contributed by atoms with Crippen LogP contribution in [0.4, 0.5) is 0 Å². The lowest BCUT2D eigenvalue weighted by Crippen LogP contribution is -2.35. The van der Waals surface area contributed by atoms with Crippen molar-refractivity contribution in [2.45, 2.75) is 32.2 Å². The predicted molar refractivity (Wildman–Crippen MR) is 69.1 cm³/mol. The molecule has 0 aliphatic rings. The lowest BCUT2D eigenvalue weighted by atomic mass is 10.1. The van der Waals surface area contributed by atoms with E-state index < -0.39 is 0 Å². The number of benzene rings is 1. The highest BCUT2D eigenvalue weighted by Crippen LogP contribution is 2.17. The summed E-state index contributed by atoms with van der Waals surface area (Å²) in [6.07, 6.45) is 1.37. The highest BCUT2D eigenvalue weighted by atomic mass is 16.5. The molecule has 1 rings (SSSR count).